The summed E-state index contributed by atoms with van der Waals surface area (Å²) < 4.78 is 55.5. The number of carbonyl (C=O) groups is 1. The van der Waals surface area contributed by atoms with Crippen molar-refractivity contribution >= 4 is 5.91 Å². The number of fused-ring (bicyclic) bond motifs is 1. The van der Waals surface area contributed by atoms with E-state index in [4.69, 9.17) is 0 Å². The molecule has 2 aliphatic rings. The number of aryl methyl sites for hydroxylation is 1. The molecule has 4 rings (SSSR count). The zero-order valence-electron chi connectivity index (χ0n) is 13.5. The van der Waals surface area contributed by atoms with Gasteiger partial charge in [-0.1, -0.05) is 0 Å². The third-order valence-corrected chi connectivity index (χ3v) is 4.77. The maximum Gasteiger partial charge on any atom is 0.573 e. The van der Waals surface area contributed by atoms with Crippen LogP contribution >= 0.6 is 0 Å². The number of carbonyl (C=O) groups excluding carboxylic acids is 1. The minimum absolute atomic E-state index is 0.115. The van der Waals surface area contributed by atoms with Gasteiger partial charge in [0.25, 0.3) is 5.91 Å². The van der Waals surface area contributed by atoms with Crippen LogP contribution in [0.1, 0.15) is 35.3 Å². The molecule has 4 nitrogen and oxygen atoms in total. The standard InChI is InChI=1S/C18H14F4N2O2/c19-11-1-2-15(26-18(20,21)22)12(8-11)10-7-13-14(23-9-10)3-4-17(5-6-17)24-16(13)25/h1-2,7-9H,3-6H2,(H,24,25). The molecule has 1 N–H and O–H groups in total. The van der Waals surface area contributed by atoms with E-state index in [1.807, 2.05) is 0 Å². The minimum atomic E-state index is -4.92. The van der Waals surface area contributed by atoms with Gasteiger partial charge in [0, 0.05) is 22.9 Å². The van der Waals surface area contributed by atoms with Crippen molar-refractivity contribution in [1.29, 1.82) is 0 Å². The molecule has 1 aliphatic heterocycles. The number of nitrogens with zero attached hydrogens (tertiary/aromatic N) is 1. The SMILES string of the molecule is O=C1NC2(CCc3ncc(-c4cc(F)ccc4OC(F)(F)F)cc31)CC2. The van der Waals surface area contributed by atoms with E-state index in [-0.39, 0.29) is 22.6 Å². The Morgan fingerprint density at radius 1 is 1.12 bits per heavy atom. The molecule has 0 unspecified atom stereocenters. The fourth-order valence-electron chi connectivity index (χ4n) is 3.23. The smallest absolute Gasteiger partial charge is 0.405 e. The van der Waals surface area contributed by atoms with Crippen molar-refractivity contribution in [1.82, 2.24) is 10.3 Å². The number of hydrogen-bond donors (Lipinski definition) is 1. The average Bonchev–Trinajstić information content (AvgIpc) is 3.34. The molecule has 8 heteroatoms. The first-order valence-electron chi connectivity index (χ1n) is 8.12. The number of amides is 1. The van der Waals surface area contributed by atoms with Crippen LogP contribution in [0, 0.1) is 5.82 Å². The molecule has 0 atom stereocenters. The van der Waals surface area contributed by atoms with E-state index >= 15 is 0 Å². The van der Waals surface area contributed by atoms with E-state index in [0.29, 0.717) is 17.7 Å². The highest BCUT2D eigenvalue weighted by Gasteiger charge is 2.45. The summed E-state index contributed by atoms with van der Waals surface area (Å²) in [6, 6.07) is 4.16. The predicted molar refractivity (Wildman–Crippen MR) is 84.1 cm³/mol. The lowest BCUT2D eigenvalue weighted by Crippen LogP contribution is -2.35. The highest BCUT2D eigenvalue weighted by molar-refractivity contribution is 5.97. The van der Waals surface area contributed by atoms with Gasteiger partial charge < -0.3 is 10.1 Å². The molecule has 1 saturated carbocycles. The lowest BCUT2D eigenvalue weighted by Gasteiger charge is -2.14. The maximum absolute atomic E-state index is 13.6. The number of halogens is 4. The van der Waals surface area contributed by atoms with Crippen molar-refractivity contribution in [2.24, 2.45) is 0 Å². The Kier molecular flexibility index (Phi) is 3.68. The number of ether oxygens (including phenoxy) is 1. The highest BCUT2D eigenvalue weighted by atomic mass is 19.4. The van der Waals surface area contributed by atoms with Crippen molar-refractivity contribution < 1.29 is 27.1 Å². The van der Waals surface area contributed by atoms with Crippen LogP contribution in [0.3, 0.4) is 0 Å². The van der Waals surface area contributed by atoms with E-state index in [1.54, 1.807) is 0 Å². The second kappa shape index (κ2) is 5.69. The summed E-state index contributed by atoms with van der Waals surface area (Å²) in [7, 11) is 0. The summed E-state index contributed by atoms with van der Waals surface area (Å²) in [5.74, 6) is -1.57. The first-order valence-corrected chi connectivity index (χ1v) is 8.12. The Morgan fingerprint density at radius 3 is 2.58 bits per heavy atom. The molecule has 2 heterocycles. The molecule has 1 aromatic carbocycles. The number of hydrogen-bond acceptors (Lipinski definition) is 3. The van der Waals surface area contributed by atoms with E-state index in [2.05, 4.69) is 15.0 Å². The summed E-state index contributed by atoms with van der Waals surface area (Å²) in [5.41, 5.74) is 0.778. The highest BCUT2D eigenvalue weighted by Crippen LogP contribution is 2.42. The van der Waals surface area contributed by atoms with Gasteiger partial charge in [-0.3, -0.25) is 9.78 Å². The number of pyridine rings is 1. The topological polar surface area (TPSA) is 51.2 Å². The summed E-state index contributed by atoms with van der Waals surface area (Å²) in [4.78, 5) is 16.7. The van der Waals surface area contributed by atoms with Gasteiger partial charge in [-0.2, -0.15) is 0 Å². The van der Waals surface area contributed by atoms with E-state index in [1.165, 1.54) is 12.3 Å². The van der Waals surface area contributed by atoms with Crippen molar-refractivity contribution in [3.8, 4) is 16.9 Å². The van der Waals surface area contributed by atoms with Gasteiger partial charge in [0.2, 0.25) is 0 Å². The summed E-state index contributed by atoms with van der Waals surface area (Å²) >= 11 is 0. The summed E-state index contributed by atoms with van der Waals surface area (Å²) in [6.45, 7) is 0. The molecule has 1 aliphatic carbocycles. The second-order valence-electron chi connectivity index (χ2n) is 6.64. The second-order valence-corrected chi connectivity index (χ2v) is 6.64. The molecule has 1 aromatic heterocycles. The number of nitrogens with one attached hydrogen (secondary N) is 1. The normalized spacial score (nSPS) is 18.1. The molecule has 1 amide bonds. The Bertz CT molecular complexity index is 891. The molecule has 0 bridgehead atoms. The van der Waals surface area contributed by atoms with Crippen molar-refractivity contribution in [2.75, 3.05) is 0 Å². The maximum atomic E-state index is 13.6. The zero-order valence-corrected chi connectivity index (χ0v) is 13.5. The third-order valence-electron chi connectivity index (χ3n) is 4.77. The first-order chi connectivity index (χ1) is 12.2. The molecule has 1 spiro atoms. The van der Waals surface area contributed by atoms with Crippen LogP contribution < -0.4 is 10.1 Å². The van der Waals surface area contributed by atoms with Gasteiger partial charge in [-0.25, -0.2) is 4.39 Å². The monoisotopic (exact) mass is 366 g/mol. The molecule has 0 saturated heterocycles. The summed E-state index contributed by atoms with van der Waals surface area (Å²) in [6.07, 6.45) is -0.375. The Labute approximate surface area is 146 Å². The van der Waals surface area contributed by atoms with Crippen molar-refractivity contribution in [3.05, 3.63) is 47.5 Å². The van der Waals surface area contributed by atoms with Gasteiger partial charge in [0.15, 0.2) is 0 Å². The van der Waals surface area contributed by atoms with Crippen LogP contribution in [0.5, 0.6) is 5.75 Å². The Balaban J connectivity index is 1.76. The van der Waals surface area contributed by atoms with Crippen LogP contribution in [0.25, 0.3) is 11.1 Å². The Morgan fingerprint density at radius 2 is 1.88 bits per heavy atom. The number of rotatable bonds is 2. The van der Waals surface area contributed by atoms with Gasteiger partial charge >= 0.3 is 6.36 Å². The lowest BCUT2D eigenvalue weighted by atomic mass is 10.0. The fourth-order valence-corrected chi connectivity index (χ4v) is 3.23. The number of benzene rings is 1. The summed E-state index contributed by atoms with van der Waals surface area (Å²) in [5, 5.41) is 2.96. The molecule has 26 heavy (non-hydrogen) atoms. The quantitative estimate of drug-likeness (QED) is 0.818. The van der Waals surface area contributed by atoms with Crippen LogP contribution in [0.4, 0.5) is 17.6 Å². The van der Waals surface area contributed by atoms with Gasteiger partial charge in [0.05, 0.1) is 11.3 Å². The number of alkyl halides is 3. The van der Waals surface area contributed by atoms with Gasteiger partial charge in [-0.05, 0) is 49.9 Å². The van der Waals surface area contributed by atoms with Crippen LogP contribution in [-0.4, -0.2) is 22.8 Å². The molecule has 136 valence electrons. The van der Waals surface area contributed by atoms with Crippen LogP contribution in [0.2, 0.25) is 0 Å². The largest absolute Gasteiger partial charge is 0.573 e. The van der Waals surface area contributed by atoms with Gasteiger partial charge in [0.1, 0.15) is 11.6 Å². The van der Waals surface area contributed by atoms with E-state index in [9.17, 15) is 22.4 Å². The molecular weight excluding hydrogens is 352 g/mol. The van der Waals surface area contributed by atoms with Crippen LogP contribution in [0.15, 0.2) is 30.5 Å². The fraction of sp³-hybridized carbons (Fsp3) is 0.333. The van der Waals surface area contributed by atoms with Crippen molar-refractivity contribution in [3.63, 3.8) is 0 Å². The first kappa shape index (κ1) is 16.8. The van der Waals surface area contributed by atoms with Crippen molar-refractivity contribution in [2.45, 2.75) is 37.6 Å². The molecule has 0 radical (unpaired) electrons. The number of aromatic nitrogens is 1. The predicted octanol–water partition coefficient (Wildman–Crippen LogP) is 3.99. The molecular formula is C18H14F4N2O2. The average molecular weight is 366 g/mol. The zero-order chi connectivity index (χ0) is 18.5. The minimum Gasteiger partial charge on any atom is -0.405 e. The lowest BCUT2D eigenvalue weighted by molar-refractivity contribution is -0.274. The van der Waals surface area contributed by atoms with Crippen LogP contribution in [-0.2, 0) is 6.42 Å². The van der Waals surface area contributed by atoms with Gasteiger partial charge in [-0.15, -0.1) is 13.2 Å². The van der Waals surface area contributed by atoms with E-state index in [0.717, 1.165) is 37.5 Å². The Hall–Kier alpha value is -2.64. The molecule has 2 aromatic rings. The third kappa shape index (κ3) is 3.23. The van der Waals surface area contributed by atoms with E-state index < -0.39 is 17.9 Å². The molecule has 1 fully saturated rings.